The molecule has 61 heavy (non-hydrogen) atoms. The molecule has 0 N–H and O–H groups in total. The minimum atomic E-state index is -10.6. The van der Waals surface area contributed by atoms with Crippen LogP contribution in [0.5, 0.6) is 0 Å². The fourth-order valence-electron chi connectivity index (χ4n) is 3.46. The van der Waals surface area contributed by atoms with Crippen molar-refractivity contribution < 1.29 is 176 Å². The smallest absolute Gasteiger partial charge is 0.274 e. The lowest BCUT2D eigenvalue weighted by atomic mass is 9.82. The molecule has 0 fully saturated rings. The fourth-order valence-corrected chi connectivity index (χ4v) is 3.57. The first-order valence-corrected chi connectivity index (χ1v) is 12.9. The summed E-state index contributed by atoms with van der Waals surface area (Å²) in [6.45, 7) is 0. The van der Waals surface area contributed by atoms with Crippen molar-refractivity contribution in [2.45, 2.75) is 113 Å². The van der Waals surface area contributed by atoms with Gasteiger partial charge in [0, 0.05) is 0 Å². The number of carbonyl (C=O) groups excluding carboxylic acids is 1. The molecule has 0 saturated carbocycles. The quantitative estimate of drug-likeness (QED) is 0.0988. The van der Waals surface area contributed by atoms with E-state index in [1.165, 1.54) is 0 Å². The highest BCUT2D eigenvalue weighted by Crippen LogP contribution is 2.71. The van der Waals surface area contributed by atoms with E-state index in [1.54, 1.807) is 0 Å². The second-order valence-electron chi connectivity index (χ2n) is 11.1. The van der Waals surface area contributed by atoms with Crippen LogP contribution < -0.4 is 0 Å². The predicted molar refractivity (Wildman–Crippen MR) is 106 cm³/mol. The van der Waals surface area contributed by atoms with Gasteiger partial charge in [-0.15, -0.1) is 0 Å². The number of carbonyl (C=O) groups is 1. The second-order valence-corrected chi connectivity index (χ2v) is 11.5. The minimum Gasteiger partial charge on any atom is -0.274 e. The molecule has 0 atom stereocenters. The summed E-state index contributed by atoms with van der Waals surface area (Å²) in [4.78, 5) is 10.2. The van der Waals surface area contributed by atoms with Crippen LogP contribution in [0.15, 0.2) is 0 Å². The van der Waals surface area contributed by atoms with Crippen LogP contribution in [0.1, 0.15) is 0 Å². The van der Waals surface area contributed by atoms with E-state index in [-0.39, 0.29) is 0 Å². The van der Waals surface area contributed by atoms with Crippen LogP contribution in [0.3, 0.4) is 0 Å². The molecule has 0 aliphatic heterocycles. The van der Waals surface area contributed by atoms with E-state index in [0.29, 0.717) is 0 Å². The van der Waals surface area contributed by atoms with Crippen LogP contribution in [-0.4, -0.2) is 118 Å². The molecular formula is C20ClF39O. The molecule has 0 spiro atoms. The van der Waals surface area contributed by atoms with Crippen LogP contribution >= 0.6 is 11.6 Å². The van der Waals surface area contributed by atoms with Crippen LogP contribution in [-0.2, 0) is 4.79 Å². The van der Waals surface area contributed by atoms with Gasteiger partial charge >= 0.3 is 113 Å². The van der Waals surface area contributed by atoms with E-state index >= 15 is 0 Å². The van der Waals surface area contributed by atoms with E-state index in [9.17, 15) is 176 Å². The van der Waals surface area contributed by atoms with Gasteiger partial charge in [-0.25, -0.2) is 0 Å². The van der Waals surface area contributed by atoms with Gasteiger partial charge in [-0.05, 0) is 11.6 Å². The van der Waals surface area contributed by atoms with Crippen molar-refractivity contribution in [2.75, 3.05) is 0 Å². The van der Waals surface area contributed by atoms with Gasteiger partial charge in [0.2, 0.25) is 0 Å². The van der Waals surface area contributed by atoms with Crippen molar-refractivity contribution in [3.8, 4) is 0 Å². The van der Waals surface area contributed by atoms with Gasteiger partial charge in [0.15, 0.2) is 0 Å². The molecule has 41 heteroatoms. The van der Waals surface area contributed by atoms with Gasteiger partial charge in [0.05, 0.1) is 0 Å². The zero-order valence-electron chi connectivity index (χ0n) is 25.5. The molecule has 0 aromatic rings. The third-order valence-electron chi connectivity index (χ3n) is 7.31. The molecular weight excluding hydrogens is 1030 g/mol. The lowest BCUT2D eigenvalue weighted by molar-refractivity contribution is -0.494. The van der Waals surface area contributed by atoms with E-state index < -0.39 is 118 Å². The number of hydrogen-bond acceptors (Lipinski definition) is 1. The van der Waals surface area contributed by atoms with Crippen LogP contribution in [0.2, 0.25) is 0 Å². The van der Waals surface area contributed by atoms with Gasteiger partial charge in [-0.1, -0.05) is 0 Å². The zero-order valence-corrected chi connectivity index (χ0v) is 26.3. The molecule has 0 aromatic carbocycles. The Bertz CT molecular complexity index is 1640. The average Bonchev–Trinajstić information content (AvgIpc) is 3.02. The van der Waals surface area contributed by atoms with Crippen LogP contribution in [0.4, 0.5) is 171 Å². The Kier molecular flexibility index (Phi) is 13.2. The van der Waals surface area contributed by atoms with E-state index in [2.05, 4.69) is 11.6 Å². The van der Waals surface area contributed by atoms with Crippen molar-refractivity contribution >= 4 is 16.8 Å². The first-order valence-electron chi connectivity index (χ1n) is 12.5. The summed E-state index contributed by atoms with van der Waals surface area (Å²) >= 11 is 3.53. The van der Waals surface area contributed by atoms with Gasteiger partial charge in [-0.3, -0.25) is 4.79 Å². The van der Waals surface area contributed by atoms with E-state index in [4.69, 9.17) is 0 Å². The van der Waals surface area contributed by atoms with Crippen LogP contribution in [0.25, 0.3) is 0 Å². The highest BCUT2D eigenvalue weighted by molar-refractivity contribution is 6.65. The Balaban J connectivity index is 7.96. The normalized spacial score (nSPS) is 17.2. The fraction of sp³-hybridized carbons (Fsp3) is 0.950. The number of alkyl halides is 39. The van der Waals surface area contributed by atoms with E-state index in [0.717, 1.165) is 0 Å². The van der Waals surface area contributed by atoms with Gasteiger partial charge in [0.1, 0.15) is 0 Å². The first-order chi connectivity index (χ1) is 25.4. The standard InChI is InChI=1S/C20ClF39O/c21-1(61)2(22,23)3(24,25)4(26,27)5(28,29)6(30,31)7(32,33)8(34,35)9(36,37)10(38,39)11(40,41)12(42,43)13(44,45)14(46,47)15(48,49)16(50,51)17(52,53)18(54,55)19(56,57)20(58,59)60. The molecule has 1 nitrogen and oxygen atoms in total. The summed E-state index contributed by atoms with van der Waals surface area (Å²) in [7, 11) is 0. The summed E-state index contributed by atoms with van der Waals surface area (Å²) in [6.07, 6.45) is -8.51. The summed E-state index contributed by atoms with van der Waals surface area (Å²) < 4.78 is 527. The van der Waals surface area contributed by atoms with Crippen molar-refractivity contribution in [3.05, 3.63) is 0 Å². The zero-order chi connectivity index (χ0) is 51.1. The monoisotopic (exact) mass is 1030 g/mol. The molecule has 0 aromatic heterocycles. The lowest BCUT2D eigenvalue weighted by Crippen LogP contribution is -2.80. The number of halogens is 40. The number of hydrogen-bond donors (Lipinski definition) is 0. The maximum Gasteiger partial charge on any atom is 0.460 e. The van der Waals surface area contributed by atoms with Gasteiger partial charge < -0.3 is 0 Å². The topological polar surface area (TPSA) is 17.1 Å². The molecule has 0 saturated heterocycles. The maximum absolute atomic E-state index is 13.9. The summed E-state index contributed by atoms with van der Waals surface area (Å²) in [5.74, 6) is -179. The Morgan fingerprint density at radius 2 is 0.295 bits per heavy atom. The first kappa shape index (κ1) is 58.2. The SMILES string of the molecule is O=C(Cl)C(F)(F)C(F)(F)C(F)(F)C(F)(F)C(F)(F)C(F)(F)C(F)(F)C(F)(F)C(F)(F)C(F)(F)C(F)(F)C(F)(F)C(F)(F)C(F)(F)C(F)(F)C(F)(F)C(F)(F)C(F)(F)C(F)(F)F. The molecule has 0 unspecified atom stereocenters. The Morgan fingerprint density at radius 3 is 0.393 bits per heavy atom. The third-order valence-corrected chi connectivity index (χ3v) is 7.54. The average molecular weight is 1030 g/mol. The summed E-state index contributed by atoms with van der Waals surface area (Å²) in [5, 5.41) is -4.46. The van der Waals surface area contributed by atoms with E-state index in [1.807, 2.05) is 0 Å². The molecule has 0 aliphatic rings. The summed E-state index contributed by atoms with van der Waals surface area (Å²) in [5.41, 5.74) is 0. The molecule has 366 valence electrons. The van der Waals surface area contributed by atoms with Crippen molar-refractivity contribution in [3.63, 3.8) is 0 Å². The molecule has 0 radical (unpaired) electrons. The highest BCUT2D eigenvalue weighted by atomic mass is 35.5. The molecule has 0 bridgehead atoms. The van der Waals surface area contributed by atoms with Crippen molar-refractivity contribution in [2.24, 2.45) is 0 Å². The number of rotatable bonds is 18. The van der Waals surface area contributed by atoms with Gasteiger partial charge in [0.25, 0.3) is 5.24 Å². The highest BCUT2D eigenvalue weighted by Gasteiger charge is 3.03. The van der Waals surface area contributed by atoms with Gasteiger partial charge in [-0.2, -0.15) is 171 Å². The Labute approximate surface area is 307 Å². The largest absolute Gasteiger partial charge is 0.460 e. The van der Waals surface area contributed by atoms with Crippen molar-refractivity contribution in [1.82, 2.24) is 0 Å². The molecule has 0 aliphatic carbocycles. The third kappa shape index (κ3) is 6.39. The molecule has 0 heterocycles. The second kappa shape index (κ2) is 13.9. The summed E-state index contributed by atoms with van der Waals surface area (Å²) in [6, 6.07) is 0. The Morgan fingerprint density at radius 1 is 0.197 bits per heavy atom. The maximum atomic E-state index is 13.9. The minimum absolute atomic E-state index is 3.53. The van der Waals surface area contributed by atoms with Crippen LogP contribution in [0, 0.1) is 0 Å². The Hall–Kier alpha value is -2.77. The molecule has 0 amide bonds. The molecule has 0 rings (SSSR count). The predicted octanol–water partition coefficient (Wildman–Crippen LogP) is 12.7. The van der Waals surface area contributed by atoms with Crippen molar-refractivity contribution in [1.29, 1.82) is 0 Å². The lowest BCUT2D eigenvalue weighted by Gasteiger charge is -2.47.